The minimum absolute atomic E-state index is 0.0527. The van der Waals surface area contributed by atoms with Crippen LogP contribution in [0.1, 0.15) is 17.4 Å². The van der Waals surface area contributed by atoms with Gasteiger partial charge < -0.3 is 10.4 Å². The average Bonchev–Trinajstić information content (AvgIpc) is 3.00. The van der Waals surface area contributed by atoms with Crippen LogP contribution in [0.25, 0.3) is 10.9 Å². The van der Waals surface area contributed by atoms with Gasteiger partial charge in [0.25, 0.3) is 0 Å². The van der Waals surface area contributed by atoms with Crippen LogP contribution >= 0.6 is 0 Å². The summed E-state index contributed by atoms with van der Waals surface area (Å²) in [6.45, 7) is 1.47. The first-order valence-electron chi connectivity index (χ1n) is 8.93. The Labute approximate surface area is 162 Å². The third-order valence-corrected chi connectivity index (χ3v) is 4.46. The number of aromatic hydroxyl groups is 1. The molecule has 1 aromatic heterocycles. The second-order valence-electron chi connectivity index (χ2n) is 6.40. The molecule has 2 N–H and O–H groups in total. The standard InChI is InChI=1S/C23H19N3O2/c1-16(27)26-21-10-6-5-9-20(21)23(28)22(26)15-24-17-11-13-19(14-12-17)25-18-7-3-2-4-8-18/h2-15,25,28H,1H3. The SMILES string of the molecule is CC(=O)n1c(C=Nc2ccc(Nc3ccccc3)cc2)c(O)c2ccccc21. The van der Waals surface area contributed by atoms with E-state index >= 15 is 0 Å². The van der Waals surface area contributed by atoms with E-state index < -0.39 is 0 Å². The largest absolute Gasteiger partial charge is 0.505 e. The highest BCUT2D eigenvalue weighted by molar-refractivity contribution is 6.04. The van der Waals surface area contributed by atoms with E-state index in [2.05, 4.69) is 10.3 Å². The van der Waals surface area contributed by atoms with Crippen molar-refractivity contribution in [3.05, 3.63) is 84.6 Å². The molecule has 4 rings (SSSR count). The van der Waals surface area contributed by atoms with Gasteiger partial charge in [-0.25, -0.2) is 0 Å². The van der Waals surface area contributed by atoms with Crippen molar-refractivity contribution in [1.82, 2.24) is 4.57 Å². The molecule has 28 heavy (non-hydrogen) atoms. The van der Waals surface area contributed by atoms with E-state index in [1.807, 2.05) is 66.7 Å². The summed E-state index contributed by atoms with van der Waals surface area (Å²) in [6, 6.07) is 24.8. The lowest BCUT2D eigenvalue weighted by molar-refractivity contribution is 0.0940. The minimum Gasteiger partial charge on any atom is -0.505 e. The number of para-hydroxylation sites is 2. The number of carbonyl (C=O) groups is 1. The normalized spacial score (nSPS) is 11.2. The highest BCUT2D eigenvalue weighted by atomic mass is 16.3. The lowest BCUT2D eigenvalue weighted by Gasteiger charge is -2.06. The van der Waals surface area contributed by atoms with Gasteiger partial charge >= 0.3 is 0 Å². The number of aliphatic imine (C=N–C) groups is 1. The number of carbonyl (C=O) groups excluding carboxylic acids is 1. The van der Waals surface area contributed by atoms with Crippen molar-refractivity contribution in [2.45, 2.75) is 6.92 Å². The summed E-state index contributed by atoms with van der Waals surface area (Å²) < 4.78 is 1.47. The van der Waals surface area contributed by atoms with Crippen LogP contribution in [0.5, 0.6) is 5.75 Å². The number of anilines is 2. The molecular formula is C23H19N3O2. The first-order valence-corrected chi connectivity index (χ1v) is 8.93. The summed E-state index contributed by atoms with van der Waals surface area (Å²) in [5, 5.41) is 14.5. The van der Waals surface area contributed by atoms with E-state index in [-0.39, 0.29) is 11.7 Å². The van der Waals surface area contributed by atoms with Gasteiger partial charge in [-0.1, -0.05) is 30.3 Å². The maximum absolute atomic E-state index is 12.1. The molecule has 1 heterocycles. The average molecular weight is 369 g/mol. The molecule has 0 saturated heterocycles. The summed E-state index contributed by atoms with van der Waals surface area (Å²) in [5.74, 6) is -0.128. The zero-order valence-electron chi connectivity index (χ0n) is 15.3. The van der Waals surface area contributed by atoms with Crippen LogP contribution in [-0.4, -0.2) is 21.8 Å². The van der Waals surface area contributed by atoms with E-state index in [4.69, 9.17) is 0 Å². The lowest BCUT2D eigenvalue weighted by Crippen LogP contribution is -2.08. The molecule has 138 valence electrons. The van der Waals surface area contributed by atoms with Gasteiger partial charge in [0.1, 0.15) is 5.69 Å². The molecule has 5 heteroatoms. The predicted molar refractivity (Wildman–Crippen MR) is 113 cm³/mol. The Morgan fingerprint density at radius 3 is 2.29 bits per heavy atom. The van der Waals surface area contributed by atoms with Crippen LogP contribution < -0.4 is 5.32 Å². The van der Waals surface area contributed by atoms with Gasteiger partial charge in [-0.3, -0.25) is 14.4 Å². The molecular weight excluding hydrogens is 350 g/mol. The van der Waals surface area contributed by atoms with Gasteiger partial charge in [-0.2, -0.15) is 0 Å². The maximum Gasteiger partial charge on any atom is 0.228 e. The lowest BCUT2D eigenvalue weighted by atomic mass is 10.2. The Hall–Kier alpha value is -3.86. The molecule has 0 fully saturated rings. The number of hydrogen-bond donors (Lipinski definition) is 2. The van der Waals surface area contributed by atoms with Crippen molar-refractivity contribution in [1.29, 1.82) is 0 Å². The molecule has 0 atom stereocenters. The summed E-state index contributed by atoms with van der Waals surface area (Å²) in [5.41, 5.74) is 3.72. The monoisotopic (exact) mass is 369 g/mol. The van der Waals surface area contributed by atoms with Crippen LogP contribution in [0.15, 0.2) is 83.9 Å². The second kappa shape index (κ2) is 7.40. The van der Waals surface area contributed by atoms with Crippen LogP contribution in [0.4, 0.5) is 17.1 Å². The molecule has 5 nitrogen and oxygen atoms in total. The Bertz CT molecular complexity index is 1160. The highest BCUT2D eigenvalue weighted by Gasteiger charge is 2.17. The third-order valence-electron chi connectivity index (χ3n) is 4.46. The van der Waals surface area contributed by atoms with Gasteiger partial charge in [0.15, 0.2) is 5.75 Å². The predicted octanol–water partition coefficient (Wildman–Crippen LogP) is 5.50. The van der Waals surface area contributed by atoms with Gasteiger partial charge in [-0.15, -0.1) is 0 Å². The fraction of sp³-hybridized carbons (Fsp3) is 0.0435. The van der Waals surface area contributed by atoms with Crippen molar-refractivity contribution >= 4 is 40.1 Å². The molecule has 4 aromatic rings. The molecule has 0 spiro atoms. The van der Waals surface area contributed by atoms with Gasteiger partial charge in [0.2, 0.25) is 5.91 Å². The maximum atomic E-state index is 12.1. The number of aromatic nitrogens is 1. The van der Waals surface area contributed by atoms with Gasteiger partial charge in [-0.05, 0) is 48.5 Å². The van der Waals surface area contributed by atoms with Crippen molar-refractivity contribution in [2.75, 3.05) is 5.32 Å². The van der Waals surface area contributed by atoms with Crippen LogP contribution in [0, 0.1) is 0 Å². The second-order valence-corrected chi connectivity index (χ2v) is 6.40. The summed E-state index contributed by atoms with van der Waals surface area (Å²) in [4.78, 5) is 16.5. The molecule has 0 aliphatic heterocycles. The highest BCUT2D eigenvalue weighted by Crippen LogP contribution is 2.31. The third kappa shape index (κ3) is 3.38. The Kier molecular flexibility index (Phi) is 4.64. The minimum atomic E-state index is -0.180. The van der Waals surface area contributed by atoms with Crippen molar-refractivity contribution in [3.8, 4) is 5.75 Å². The van der Waals surface area contributed by atoms with E-state index in [9.17, 15) is 9.90 Å². The number of nitrogens with zero attached hydrogens (tertiary/aromatic N) is 2. The quantitative estimate of drug-likeness (QED) is 0.467. The summed E-state index contributed by atoms with van der Waals surface area (Å²) in [6.07, 6.45) is 1.52. The Morgan fingerprint density at radius 1 is 0.929 bits per heavy atom. The molecule has 3 aromatic carbocycles. The first kappa shape index (κ1) is 17.5. The first-order chi connectivity index (χ1) is 13.6. The Balaban J connectivity index is 1.62. The molecule has 0 unspecified atom stereocenters. The van der Waals surface area contributed by atoms with Crippen LogP contribution in [0.3, 0.4) is 0 Å². The number of fused-ring (bicyclic) bond motifs is 1. The number of nitrogens with one attached hydrogen (secondary N) is 1. The smallest absolute Gasteiger partial charge is 0.228 e. The molecule has 0 radical (unpaired) electrons. The summed E-state index contributed by atoms with van der Waals surface area (Å²) >= 11 is 0. The van der Waals surface area contributed by atoms with Crippen LogP contribution in [0.2, 0.25) is 0 Å². The number of hydrogen-bond acceptors (Lipinski definition) is 4. The molecule has 0 amide bonds. The van der Waals surface area contributed by atoms with Crippen LogP contribution in [-0.2, 0) is 0 Å². The Morgan fingerprint density at radius 2 is 1.57 bits per heavy atom. The van der Waals surface area contributed by atoms with Gasteiger partial charge in [0, 0.05) is 23.7 Å². The summed E-state index contributed by atoms with van der Waals surface area (Å²) in [7, 11) is 0. The fourth-order valence-electron chi connectivity index (χ4n) is 3.16. The van der Waals surface area contributed by atoms with Crippen molar-refractivity contribution in [3.63, 3.8) is 0 Å². The zero-order valence-corrected chi connectivity index (χ0v) is 15.3. The molecule has 0 bridgehead atoms. The molecule has 0 saturated carbocycles. The molecule has 0 aliphatic carbocycles. The number of benzene rings is 3. The topological polar surface area (TPSA) is 66.6 Å². The van der Waals surface area contributed by atoms with E-state index in [0.717, 1.165) is 17.1 Å². The molecule has 0 aliphatic rings. The van der Waals surface area contributed by atoms with Gasteiger partial charge in [0.05, 0.1) is 17.4 Å². The van der Waals surface area contributed by atoms with Crippen molar-refractivity contribution in [2.24, 2.45) is 4.99 Å². The van der Waals surface area contributed by atoms with E-state index in [1.165, 1.54) is 17.7 Å². The van der Waals surface area contributed by atoms with Crippen molar-refractivity contribution < 1.29 is 9.90 Å². The fourth-order valence-corrected chi connectivity index (χ4v) is 3.16. The zero-order chi connectivity index (χ0) is 19.5. The van der Waals surface area contributed by atoms with E-state index in [0.29, 0.717) is 16.6 Å². The number of rotatable bonds is 4. The van der Waals surface area contributed by atoms with E-state index in [1.54, 1.807) is 12.1 Å².